The molecule has 4 rings (SSSR count). The zero-order valence-electron chi connectivity index (χ0n) is 20.1. The minimum absolute atomic E-state index is 0.0806. The monoisotopic (exact) mass is 565 g/mol. The number of thiocarbonyl (C=S) groups is 1. The number of thiophene rings is 1. The van der Waals surface area contributed by atoms with Gasteiger partial charge in [-0.2, -0.15) is 0 Å². The number of sulfonamides is 1. The van der Waals surface area contributed by atoms with Crippen LogP contribution < -0.4 is 15.4 Å². The van der Waals surface area contributed by atoms with Gasteiger partial charge in [0, 0.05) is 22.5 Å². The van der Waals surface area contributed by atoms with Gasteiger partial charge in [-0.05, 0) is 60.2 Å². The number of benzene rings is 3. The second kappa shape index (κ2) is 12.0. The minimum atomic E-state index is -4.07. The van der Waals surface area contributed by atoms with Crippen molar-refractivity contribution in [3.05, 3.63) is 113 Å². The number of rotatable bonds is 8. The van der Waals surface area contributed by atoms with E-state index in [2.05, 4.69) is 15.4 Å². The predicted molar refractivity (Wildman–Crippen MR) is 152 cm³/mol. The molecule has 1 heterocycles. The van der Waals surface area contributed by atoms with Crippen LogP contribution in [-0.4, -0.2) is 32.5 Å². The molecule has 3 aromatic carbocycles. The van der Waals surface area contributed by atoms with Crippen molar-refractivity contribution in [1.29, 1.82) is 0 Å². The number of carbonyl (C=O) groups excluding carboxylic acids is 2. The van der Waals surface area contributed by atoms with Gasteiger partial charge in [0.25, 0.3) is 15.9 Å². The van der Waals surface area contributed by atoms with Gasteiger partial charge in [-0.1, -0.05) is 48.5 Å². The van der Waals surface area contributed by atoms with Crippen molar-refractivity contribution >= 4 is 61.3 Å². The average molecular weight is 566 g/mol. The summed E-state index contributed by atoms with van der Waals surface area (Å²) in [5.74, 6) is -1.21. The third-order valence-electron chi connectivity index (χ3n) is 5.32. The number of amides is 1. The van der Waals surface area contributed by atoms with Crippen molar-refractivity contribution in [3.63, 3.8) is 0 Å². The lowest BCUT2D eigenvalue weighted by atomic mass is 10.1. The van der Waals surface area contributed by atoms with Crippen molar-refractivity contribution in [2.75, 3.05) is 17.7 Å². The molecule has 0 radical (unpaired) electrons. The summed E-state index contributed by atoms with van der Waals surface area (Å²) in [6.45, 7) is 0. The van der Waals surface area contributed by atoms with Gasteiger partial charge in [0.1, 0.15) is 5.00 Å². The van der Waals surface area contributed by atoms with Gasteiger partial charge in [-0.25, -0.2) is 17.9 Å². The maximum Gasteiger partial charge on any atom is 0.340 e. The maximum atomic E-state index is 12.6. The van der Waals surface area contributed by atoms with E-state index in [1.807, 2.05) is 30.3 Å². The molecule has 0 aliphatic heterocycles. The zero-order valence-corrected chi connectivity index (χ0v) is 22.6. The van der Waals surface area contributed by atoms with E-state index >= 15 is 0 Å². The van der Waals surface area contributed by atoms with Crippen LogP contribution in [0.25, 0.3) is 0 Å². The van der Waals surface area contributed by atoms with Crippen molar-refractivity contribution in [3.8, 4) is 0 Å². The van der Waals surface area contributed by atoms with Crippen molar-refractivity contribution in [2.45, 2.75) is 11.3 Å². The van der Waals surface area contributed by atoms with Gasteiger partial charge >= 0.3 is 5.97 Å². The Morgan fingerprint density at radius 1 is 0.895 bits per heavy atom. The second-order valence-electron chi connectivity index (χ2n) is 8.01. The quantitative estimate of drug-likeness (QED) is 0.201. The van der Waals surface area contributed by atoms with Crippen LogP contribution in [0.15, 0.2) is 95.9 Å². The fourth-order valence-electron chi connectivity index (χ4n) is 3.49. The van der Waals surface area contributed by atoms with E-state index in [1.165, 1.54) is 54.8 Å². The highest BCUT2D eigenvalue weighted by atomic mass is 32.2. The van der Waals surface area contributed by atoms with Gasteiger partial charge in [0.05, 0.1) is 17.6 Å². The van der Waals surface area contributed by atoms with Gasteiger partial charge in [0.2, 0.25) is 0 Å². The molecule has 0 unspecified atom stereocenters. The zero-order chi connectivity index (χ0) is 27.1. The molecule has 0 saturated carbocycles. The molecule has 0 saturated heterocycles. The summed E-state index contributed by atoms with van der Waals surface area (Å²) in [5, 5.41) is 6.74. The van der Waals surface area contributed by atoms with Crippen molar-refractivity contribution in [1.82, 2.24) is 4.72 Å². The lowest BCUT2D eigenvalue weighted by molar-refractivity contribution is 0.0602. The highest BCUT2D eigenvalue weighted by Gasteiger charge is 2.20. The summed E-state index contributed by atoms with van der Waals surface area (Å²) in [7, 11) is -2.75. The molecule has 11 heteroatoms. The molecule has 0 fully saturated rings. The Hall–Kier alpha value is -4.06. The Balaban J connectivity index is 1.42. The normalized spacial score (nSPS) is 10.9. The van der Waals surface area contributed by atoms with Crippen LogP contribution in [0.2, 0.25) is 0 Å². The van der Waals surface area contributed by atoms with Crippen LogP contribution in [0.1, 0.15) is 31.2 Å². The van der Waals surface area contributed by atoms with Crippen molar-refractivity contribution < 1.29 is 22.7 Å². The highest BCUT2D eigenvalue weighted by Crippen LogP contribution is 2.31. The third-order valence-corrected chi connectivity index (χ3v) is 7.92. The number of esters is 1. The molecule has 0 aliphatic carbocycles. The molecular formula is C27H23N3O5S3. The van der Waals surface area contributed by atoms with E-state index in [0.29, 0.717) is 22.7 Å². The van der Waals surface area contributed by atoms with Crippen LogP contribution >= 0.6 is 23.6 Å². The Morgan fingerprint density at radius 2 is 1.53 bits per heavy atom. The summed E-state index contributed by atoms with van der Waals surface area (Å²) in [6.07, 6.45) is 0.647. The summed E-state index contributed by atoms with van der Waals surface area (Å²) in [5.41, 5.74) is 2.21. The summed E-state index contributed by atoms with van der Waals surface area (Å²) in [4.78, 5) is 25.5. The number of ether oxygens (including phenoxy) is 1. The summed E-state index contributed by atoms with van der Waals surface area (Å²) >= 11 is 6.80. The second-order valence-corrected chi connectivity index (χ2v) is 11.2. The summed E-state index contributed by atoms with van der Waals surface area (Å²) in [6, 6.07) is 25.5. The molecular weight excluding hydrogens is 543 g/mol. The molecule has 0 spiro atoms. The van der Waals surface area contributed by atoms with E-state index in [-0.39, 0.29) is 15.6 Å². The first-order valence-electron chi connectivity index (χ1n) is 11.3. The highest BCUT2D eigenvalue weighted by molar-refractivity contribution is 7.90. The van der Waals surface area contributed by atoms with Gasteiger partial charge < -0.3 is 15.4 Å². The maximum absolute atomic E-state index is 12.6. The number of anilines is 2. The fraction of sp³-hybridized carbons (Fsp3) is 0.0741. The topological polar surface area (TPSA) is 114 Å². The molecule has 4 aromatic rings. The first-order chi connectivity index (χ1) is 18.2. The molecule has 0 atom stereocenters. The van der Waals surface area contributed by atoms with E-state index in [0.717, 1.165) is 10.4 Å². The average Bonchev–Trinajstić information content (AvgIpc) is 3.31. The van der Waals surface area contributed by atoms with Crippen LogP contribution in [0.5, 0.6) is 0 Å². The van der Waals surface area contributed by atoms with Gasteiger partial charge in [0.15, 0.2) is 5.11 Å². The molecule has 1 amide bonds. The van der Waals surface area contributed by atoms with E-state index in [9.17, 15) is 18.0 Å². The molecule has 38 heavy (non-hydrogen) atoms. The smallest absolute Gasteiger partial charge is 0.340 e. The van der Waals surface area contributed by atoms with Crippen LogP contribution in [0, 0.1) is 0 Å². The van der Waals surface area contributed by atoms with Crippen LogP contribution in [0.4, 0.5) is 10.7 Å². The predicted octanol–water partition coefficient (Wildman–Crippen LogP) is 5.05. The summed E-state index contributed by atoms with van der Waals surface area (Å²) < 4.78 is 32.2. The van der Waals surface area contributed by atoms with Crippen LogP contribution in [0.3, 0.4) is 0 Å². The number of carbonyl (C=O) groups is 2. The first-order valence-corrected chi connectivity index (χ1v) is 14.0. The fourth-order valence-corrected chi connectivity index (χ4v) is 5.83. The molecule has 8 nitrogen and oxygen atoms in total. The van der Waals surface area contributed by atoms with Crippen molar-refractivity contribution in [2.24, 2.45) is 0 Å². The van der Waals surface area contributed by atoms with E-state index in [4.69, 9.17) is 17.0 Å². The van der Waals surface area contributed by atoms with Crippen LogP contribution in [-0.2, 0) is 21.2 Å². The molecule has 0 aliphatic rings. The van der Waals surface area contributed by atoms with Gasteiger partial charge in [-0.15, -0.1) is 11.3 Å². The third kappa shape index (κ3) is 6.82. The Morgan fingerprint density at radius 3 is 2.16 bits per heavy atom. The number of hydrogen-bond acceptors (Lipinski definition) is 7. The Kier molecular flexibility index (Phi) is 8.52. The Labute approximate surface area is 229 Å². The minimum Gasteiger partial charge on any atom is -0.465 e. The SMILES string of the molecule is COC(=O)c1cc(Cc2ccccc2)sc1NC(=S)Nc1ccc(S(=O)(=O)NC(=O)c2ccccc2)cc1. The Bertz CT molecular complexity index is 1550. The standard InChI is InChI=1S/C27H23N3O5S3/c1-35-26(32)23-17-21(16-18-8-4-2-5-9-18)37-25(23)29-27(36)28-20-12-14-22(15-13-20)38(33,34)30-24(31)19-10-6-3-7-11-19/h2-15,17H,16H2,1H3,(H,30,31)(H2,28,29,36). The van der Waals surface area contributed by atoms with Gasteiger partial charge in [-0.3, -0.25) is 4.79 Å². The molecule has 3 N–H and O–H groups in total. The first kappa shape index (κ1) is 27.0. The molecule has 1 aromatic heterocycles. The molecule has 0 bridgehead atoms. The lowest BCUT2D eigenvalue weighted by Crippen LogP contribution is -2.30. The largest absolute Gasteiger partial charge is 0.465 e. The number of hydrogen-bond donors (Lipinski definition) is 3. The number of methoxy groups -OCH3 is 1. The van der Waals surface area contributed by atoms with E-state index in [1.54, 1.807) is 24.3 Å². The number of nitrogens with one attached hydrogen (secondary N) is 3. The lowest BCUT2D eigenvalue weighted by Gasteiger charge is -2.11. The molecule has 194 valence electrons. The van der Waals surface area contributed by atoms with E-state index < -0.39 is 21.9 Å².